The van der Waals surface area contributed by atoms with Gasteiger partial charge in [0.25, 0.3) is 0 Å². The highest BCUT2D eigenvalue weighted by atomic mass is 16.2. The van der Waals surface area contributed by atoms with Crippen molar-refractivity contribution in [3.8, 4) is 6.07 Å². The molecule has 26 heavy (non-hydrogen) atoms. The van der Waals surface area contributed by atoms with Gasteiger partial charge in [-0.05, 0) is 36.0 Å². The van der Waals surface area contributed by atoms with Crippen LogP contribution in [0.4, 0.5) is 5.82 Å². The van der Waals surface area contributed by atoms with Gasteiger partial charge in [-0.15, -0.1) is 0 Å². The molecule has 1 saturated heterocycles. The van der Waals surface area contributed by atoms with Crippen LogP contribution in [0.25, 0.3) is 0 Å². The average molecular weight is 354 g/mol. The van der Waals surface area contributed by atoms with Crippen LogP contribution in [0.1, 0.15) is 51.0 Å². The summed E-state index contributed by atoms with van der Waals surface area (Å²) in [4.78, 5) is 30.3. The van der Waals surface area contributed by atoms with Crippen LogP contribution in [0.2, 0.25) is 0 Å². The van der Waals surface area contributed by atoms with Gasteiger partial charge in [0.15, 0.2) is 0 Å². The number of amides is 2. The number of hydrogen-bond donors (Lipinski definition) is 1. The number of anilines is 1. The number of carbonyl (C=O) groups excluding carboxylic acids is 2. The zero-order chi connectivity index (χ0) is 18.7. The van der Waals surface area contributed by atoms with Crippen molar-refractivity contribution < 1.29 is 9.59 Å². The number of carbonyl (C=O) groups is 2. The van der Waals surface area contributed by atoms with Crippen molar-refractivity contribution in [2.45, 2.75) is 57.9 Å². The molecule has 3 rings (SSSR count). The van der Waals surface area contributed by atoms with Crippen molar-refractivity contribution >= 4 is 17.6 Å². The monoisotopic (exact) mass is 354 g/mol. The highest BCUT2D eigenvalue weighted by Gasteiger charge is 2.50. The smallest absolute Gasteiger partial charge is 0.236 e. The Balaban J connectivity index is 1.61. The average Bonchev–Trinajstić information content (AvgIpc) is 2.64. The fraction of sp³-hybridized carbons (Fsp3) is 0.600. The van der Waals surface area contributed by atoms with Crippen molar-refractivity contribution in [3.05, 3.63) is 23.9 Å². The first kappa shape index (κ1) is 18.4. The van der Waals surface area contributed by atoms with Crippen molar-refractivity contribution in [2.24, 2.45) is 17.8 Å². The lowest BCUT2D eigenvalue weighted by molar-refractivity contribution is -0.163. The molecule has 0 radical (unpaired) electrons. The van der Waals surface area contributed by atoms with E-state index in [1.165, 1.54) is 24.2 Å². The molecular weight excluding hydrogens is 328 g/mol. The Hall–Kier alpha value is -2.42. The zero-order valence-corrected chi connectivity index (χ0v) is 15.2. The van der Waals surface area contributed by atoms with Gasteiger partial charge in [0.2, 0.25) is 11.8 Å². The first-order valence-corrected chi connectivity index (χ1v) is 9.47. The number of pyridine rings is 1. The Morgan fingerprint density at radius 3 is 2.81 bits per heavy atom. The minimum absolute atomic E-state index is 0.204. The number of nitrogens with zero attached hydrogens (tertiary/aromatic N) is 3. The Morgan fingerprint density at radius 2 is 2.15 bits per heavy atom. The third kappa shape index (κ3) is 3.72. The fourth-order valence-corrected chi connectivity index (χ4v) is 4.29. The van der Waals surface area contributed by atoms with E-state index in [0.29, 0.717) is 24.6 Å². The van der Waals surface area contributed by atoms with E-state index >= 15 is 0 Å². The van der Waals surface area contributed by atoms with Gasteiger partial charge in [0, 0.05) is 12.6 Å². The summed E-state index contributed by atoms with van der Waals surface area (Å²) in [6.45, 7) is 2.09. The van der Waals surface area contributed by atoms with E-state index in [9.17, 15) is 14.9 Å². The van der Waals surface area contributed by atoms with Crippen LogP contribution in [0, 0.1) is 29.1 Å². The topological polar surface area (TPSA) is 100 Å². The molecule has 2 amide bonds. The number of aromatic nitrogens is 1. The second-order valence-electron chi connectivity index (χ2n) is 7.65. The van der Waals surface area contributed by atoms with Gasteiger partial charge in [-0.3, -0.25) is 14.5 Å². The lowest BCUT2D eigenvalue weighted by Crippen LogP contribution is -2.63. The molecule has 0 spiro atoms. The molecule has 6 heteroatoms. The Kier molecular flexibility index (Phi) is 5.55. The van der Waals surface area contributed by atoms with Gasteiger partial charge < -0.3 is 5.73 Å². The molecule has 0 aromatic carbocycles. The fourth-order valence-electron chi connectivity index (χ4n) is 4.29. The normalized spacial score (nSPS) is 24.6. The van der Waals surface area contributed by atoms with Gasteiger partial charge in [0.05, 0.1) is 12.0 Å². The third-order valence-corrected chi connectivity index (χ3v) is 5.87. The summed E-state index contributed by atoms with van der Waals surface area (Å²) < 4.78 is 0. The van der Waals surface area contributed by atoms with Crippen molar-refractivity contribution in [2.75, 3.05) is 5.73 Å². The standard InChI is InChI=1S/C20H26N4O2/c1-13(15-5-3-2-4-6-15)9-19(25)24-17(12-21)16(20(24)26)10-14-7-8-23-18(22)11-14/h7-8,11,13,15-17H,2-6,9-10H2,1H3,(H2,22,23)/t13-,16+,17+/m0/s1. The molecule has 0 unspecified atom stereocenters. The Bertz CT molecular complexity index is 721. The van der Waals surface area contributed by atoms with E-state index in [-0.39, 0.29) is 17.7 Å². The van der Waals surface area contributed by atoms with Crippen LogP contribution in [-0.2, 0) is 16.0 Å². The van der Waals surface area contributed by atoms with Crippen LogP contribution in [0.5, 0.6) is 0 Å². The highest BCUT2D eigenvalue weighted by Crippen LogP contribution is 2.35. The molecule has 1 aliphatic heterocycles. The van der Waals surface area contributed by atoms with E-state index in [1.54, 1.807) is 18.3 Å². The molecule has 2 N–H and O–H groups in total. The maximum absolute atomic E-state index is 12.6. The van der Waals surface area contributed by atoms with Crippen LogP contribution < -0.4 is 5.73 Å². The first-order valence-electron chi connectivity index (χ1n) is 9.47. The van der Waals surface area contributed by atoms with Crippen LogP contribution in [0.15, 0.2) is 18.3 Å². The summed E-state index contributed by atoms with van der Waals surface area (Å²) in [5, 5.41) is 9.48. The molecule has 2 heterocycles. The SMILES string of the molecule is C[C@@H](CC(=O)N1C(=O)[C@H](Cc2ccnc(N)c2)[C@H]1C#N)C1CCCCC1. The maximum Gasteiger partial charge on any atom is 0.236 e. The quantitative estimate of drug-likeness (QED) is 0.819. The van der Waals surface area contributed by atoms with Crippen LogP contribution in [-0.4, -0.2) is 27.7 Å². The summed E-state index contributed by atoms with van der Waals surface area (Å²) in [5.74, 6) is 0.278. The number of nitrogen functional groups attached to an aromatic ring is 1. The van der Waals surface area contributed by atoms with Crippen LogP contribution in [0.3, 0.4) is 0 Å². The molecule has 1 aromatic heterocycles. The minimum Gasteiger partial charge on any atom is -0.384 e. The Labute approximate surface area is 154 Å². The minimum atomic E-state index is -0.678. The predicted octanol–water partition coefficient (Wildman–Crippen LogP) is 2.69. The second-order valence-corrected chi connectivity index (χ2v) is 7.65. The molecule has 6 nitrogen and oxygen atoms in total. The summed E-state index contributed by atoms with van der Waals surface area (Å²) in [5.41, 5.74) is 6.53. The lowest BCUT2D eigenvalue weighted by Gasteiger charge is -2.42. The number of likely N-dealkylation sites (tertiary alicyclic amines) is 1. The number of nitrogens with two attached hydrogens (primary N) is 1. The number of rotatable bonds is 5. The van der Waals surface area contributed by atoms with E-state index in [1.807, 2.05) is 0 Å². The van der Waals surface area contributed by atoms with E-state index in [0.717, 1.165) is 18.4 Å². The Morgan fingerprint density at radius 1 is 1.42 bits per heavy atom. The lowest BCUT2D eigenvalue weighted by atomic mass is 9.78. The predicted molar refractivity (Wildman–Crippen MR) is 97.5 cm³/mol. The first-order chi connectivity index (χ1) is 12.5. The summed E-state index contributed by atoms with van der Waals surface area (Å²) >= 11 is 0. The van der Waals surface area contributed by atoms with Crippen molar-refractivity contribution in [1.29, 1.82) is 5.26 Å². The van der Waals surface area contributed by atoms with Gasteiger partial charge in [-0.1, -0.05) is 39.0 Å². The van der Waals surface area contributed by atoms with Gasteiger partial charge in [-0.2, -0.15) is 5.26 Å². The number of imide groups is 1. The zero-order valence-electron chi connectivity index (χ0n) is 15.2. The van der Waals surface area contributed by atoms with Gasteiger partial charge in [-0.25, -0.2) is 4.98 Å². The molecule has 1 saturated carbocycles. The largest absolute Gasteiger partial charge is 0.384 e. The highest BCUT2D eigenvalue weighted by molar-refractivity contribution is 6.02. The summed E-state index contributed by atoms with van der Waals surface area (Å²) in [6.07, 6.45) is 8.40. The molecule has 0 bridgehead atoms. The van der Waals surface area contributed by atoms with Crippen molar-refractivity contribution in [1.82, 2.24) is 9.88 Å². The molecule has 138 valence electrons. The van der Waals surface area contributed by atoms with Gasteiger partial charge >= 0.3 is 0 Å². The van der Waals surface area contributed by atoms with E-state index < -0.39 is 12.0 Å². The number of nitriles is 1. The van der Waals surface area contributed by atoms with Gasteiger partial charge in [0.1, 0.15) is 11.9 Å². The molecular formula is C20H26N4O2. The van der Waals surface area contributed by atoms with E-state index in [4.69, 9.17) is 5.73 Å². The third-order valence-electron chi connectivity index (χ3n) is 5.87. The second kappa shape index (κ2) is 7.86. The maximum atomic E-state index is 12.6. The molecule has 2 fully saturated rings. The summed E-state index contributed by atoms with van der Waals surface area (Å²) in [7, 11) is 0. The number of hydrogen-bond acceptors (Lipinski definition) is 5. The van der Waals surface area contributed by atoms with Crippen molar-refractivity contribution in [3.63, 3.8) is 0 Å². The molecule has 3 atom stereocenters. The van der Waals surface area contributed by atoms with Crippen LogP contribution >= 0.6 is 0 Å². The summed E-state index contributed by atoms with van der Waals surface area (Å²) in [6, 6.07) is 4.95. The van der Waals surface area contributed by atoms with E-state index in [2.05, 4.69) is 18.0 Å². The molecule has 1 aliphatic carbocycles. The number of β-lactam (4-membered cyclic amide) rings is 1. The molecule has 1 aromatic rings. The molecule has 2 aliphatic rings.